The number of hydrogen-bond acceptors (Lipinski definition) is 1. The van der Waals surface area contributed by atoms with Gasteiger partial charge >= 0.3 is 0 Å². The van der Waals surface area contributed by atoms with E-state index in [2.05, 4.69) is 24.8 Å². The molecule has 0 bridgehead atoms. The van der Waals surface area contributed by atoms with E-state index in [1.54, 1.807) is 6.07 Å². The van der Waals surface area contributed by atoms with Crippen LogP contribution in [0.25, 0.3) is 11.1 Å². The standard InChI is InChI=1S/C31H34FN/c1-2-3-4-23-7-13-26(14-8-23)27-15-9-24(10-16-27)5-6-25-11-17-28(18-12-25)29-19-20-30(22-33)31(32)21-29/h9,11-12,17-21,23,26-27H,2-4,7-8,10,13-16H2,1H3. The molecular formula is C31H34FN. The average molecular weight is 440 g/mol. The van der Waals surface area contributed by atoms with E-state index < -0.39 is 5.82 Å². The van der Waals surface area contributed by atoms with Gasteiger partial charge in [-0.05, 0) is 90.8 Å². The highest BCUT2D eigenvalue weighted by molar-refractivity contribution is 5.65. The minimum Gasteiger partial charge on any atom is -0.206 e. The molecule has 0 aliphatic heterocycles. The van der Waals surface area contributed by atoms with Gasteiger partial charge in [0.1, 0.15) is 11.9 Å². The Labute approximate surface area is 198 Å². The molecule has 1 atom stereocenters. The number of hydrogen-bond donors (Lipinski definition) is 0. The van der Waals surface area contributed by atoms with Gasteiger partial charge in [0.15, 0.2) is 0 Å². The van der Waals surface area contributed by atoms with Crippen LogP contribution in [0, 0.1) is 46.7 Å². The van der Waals surface area contributed by atoms with E-state index in [1.165, 1.54) is 75.5 Å². The molecule has 0 saturated heterocycles. The minimum atomic E-state index is -0.481. The van der Waals surface area contributed by atoms with Crippen molar-refractivity contribution in [2.45, 2.75) is 71.1 Å². The first-order valence-corrected chi connectivity index (χ1v) is 12.7. The topological polar surface area (TPSA) is 23.8 Å². The molecule has 2 aliphatic rings. The van der Waals surface area contributed by atoms with Gasteiger partial charge in [-0.3, -0.25) is 0 Å². The van der Waals surface area contributed by atoms with E-state index in [1.807, 2.05) is 30.3 Å². The summed E-state index contributed by atoms with van der Waals surface area (Å²) in [6, 6.07) is 14.5. The third kappa shape index (κ3) is 6.15. The van der Waals surface area contributed by atoms with Gasteiger partial charge in [-0.25, -0.2) is 4.39 Å². The third-order valence-corrected chi connectivity index (χ3v) is 7.65. The fraction of sp³-hybridized carbons (Fsp3) is 0.452. The summed E-state index contributed by atoms with van der Waals surface area (Å²) < 4.78 is 13.9. The number of rotatable bonds is 5. The van der Waals surface area contributed by atoms with E-state index >= 15 is 0 Å². The van der Waals surface area contributed by atoms with Crippen molar-refractivity contribution in [3.8, 4) is 29.0 Å². The van der Waals surface area contributed by atoms with Crippen LogP contribution in [-0.4, -0.2) is 0 Å². The highest BCUT2D eigenvalue weighted by Gasteiger charge is 2.28. The van der Waals surface area contributed by atoms with Gasteiger partial charge in [0, 0.05) is 5.56 Å². The average Bonchev–Trinajstić information content (AvgIpc) is 2.87. The molecule has 0 N–H and O–H groups in total. The van der Waals surface area contributed by atoms with Crippen LogP contribution in [0.5, 0.6) is 0 Å². The lowest BCUT2D eigenvalue weighted by atomic mass is 9.71. The van der Waals surface area contributed by atoms with E-state index in [0.29, 0.717) is 0 Å². The fourth-order valence-corrected chi connectivity index (χ4v) is 5.52. The third-order valence-electron chi connectivity index (χ3n) is 7.65. The van der Waals surface area contributed by atoms with Gasteiger partial charge in [0.05, 0.1) is 5.56 Å². The maximum Gasteiger partial charge on any atom is 0.141 e. The highest BCUT2D eigenvalue weighted by atomic mass is 19.1. The number of benzene rings is 2. The largest absolute Gasteiger partial charge is 0.206 e. The van der Waals surface area contributed by atoms with Crippen molar-refractivity contribution in [1.82, 2.24) is 0 Å². The van der Waals surface area contributed by atoms with Crippen LogP contribution < -0.4 is 0 Å². The predicted octanol–water partition coefficient (Wildman–Crippen LogP) is 8.44. The van der Waals surface area contributed by atoms with Crippen LogP contribution in [0.3, 0.4) is 0 Å². The van der Waals surface area contributed by atoms with Crippen molar-refractivity contribution in [2.24, 2.45) is 17.8 Å². The van der Waals surface area contributed by atoms with Crippen molar-refractivity contribution < 1.29 is 4.39 Å². The molecule has 4 rings (SSSR count). The van der Waals surface area contributed by atoms with E-state index in [-0.39, 0.29) is 5.56 Å². The first kappa shape index (κ1) is 23.3. The van der Waals surface area contributed by atoms with Gasteiger partial charge in [0.25, 0.3) is 0 Å². The molecule has 2 aromatic carbocycles. The second-order valence-electron chi connectivity index (χ2n) is 9.82. The molecule has 0 radical (unpaired) electrons. The summed E-state index contributed by atoms with van der Waals surface area (Å²) in [6.07, 6.45) is 15.9. The quantitative estimate of drug-likeness (QED) is 0.429. The van der Waals surface area contributed by atoms with Crippen LogP contribution >= 0.6 is 0 Å². The van der Waals surface area contributed by atoms with Crippen molar-refractivity contribution in [2.75, 3.05) is 0 Å². The lowest BCUT2D eigenvalue weighted by molar-refractivity contribution is 0.186. The molecular weight excluding hydrogens is 405 g/mol. The number of unbranched alkanes of at least 4 members (excludes halogenated alkanes) is 1. The molecule has 1 nitrogen and oxygen atoms in total. The predicted molar refractivity (Wildman–Crippen MR) is 134 cm³/mol. The first-order valence-electron chi connectivity index (χ1n) is 12.7. The van der Waals surface area contributed by atoms with Crippen LogP contribution in [0.15, 0.2) is 54.1 Å². The molecule has 1 saturated carbocycles. The summed E-state index contributed by atoms with van der Waals surface area (Å²) >= 11 is 0. The molecule has 2 aliphatic carbocycles. The molecule has 0 heterocycles. The number of nitriles is 1. The first-order chi connectivity index (χ1) is 16.2. The van der Waals surface area contributed by atoms with Gasteiger partial charge in [-0.15, -0.1) is 0 Å². The van der Waals surface area contributed by atoms with E-state index in [9.17, 15) is 4.39 Å². The SMILES string of the molecule is CCCCC1CCC(C2CC=C(C#Cc3ccc(-c4ccc(C#N)c(F)c4)cc3)CC2)CC1. The number of allylic oxidation sites excluding steroid dienone is 2. The Morgan fingerprint density at radius 1 is 0.909 bits per heavy atom. The van der Waals surface area contributed by atoms with Gasteiger partial charge < -0.3 is 0 Å². The Hall–Kier alpha value is -2.84. The molecule has 2 aromatic rings. The monoisotopic (exact) mass is 439 g/mol. The Balaban J connectivity index is 1.31. The van der Waals surface area contributed by atoms with Crippen LogP contribution in [0.2, 0.25) is 0 Å². The second kappa shape index (κ2) is 11.3. The summed E-state index contributed by atoms with van der Waals surface area (Å²) in [5, 5.41) is 8.89. The Bertz CT molecular complexity index is 1070. The van der Waals surface area contributed by atoms with Crippen molar-refractivity contribution >= 4 is 0 Å². The highest BCUT2D eigenvalue weighted by Crippen LogP contribution is 2.40. The maximum atomic E-state index is 13.9. The number of nitrogens with zero attached hydrogens (tertiary/aromatic N) is 1. The van der Waals surface area contributed by atoms with Gasteiger partial charge in [-0.2, -0.15) is 5.26 Å². The summed E-state index contributed by atoms with van der Waals surface area (Å²) in [4.78, 5) is 0. The molecule has 0 spiro atoms. The molecule has 0 amide bonds. The Morgan fingerprint density at radius 3 is 2.30 bits per heavy atom. The Kier molecular flexibility index (Phi) is 8.01. The van der Waals surface area contributed by atoms with Crippen LogP contribution in [0.1, 0.15) is 82.3 Å². The summed E-state index contributed by atoms with van der Waals surface area (Å²) in [5.41, 5.74) is 4.02. The maximum absolute atomic E-state index is 13.9. The molecule has 33 heavy (non-hydrogen) atoms. The van der Waals surface area contributed by atoms with Crippen molar-refractivity contribution in [3.05, 3.63) is 71.1 Å². The van der Waals surface area contributed by atoms with E-state index in [0.717, 1.165) is 40.9 Å². The smallest absolute Gasteiger partial charge is 0.141 e. The van der Waals surface area contributed by atoms with E-state index in [4.69, 9.17) is 5.26 Å². The zero-order valence-electron chi connectivity index (χ0n) is 19.7. The second-order valence-corrected chi connectivity index (χ2v) is 9.82. The van der Waals surface area contributed by atoms with Gasteiger partial charge in [0.2, 0.25) is 0 Å². The van der Waals surface area contributed by atoms with Crippen LogP contribution in [-0.2, 0) is 0 Å². The molecule has 2 heteroatoms. The molecule has 0 aromatic heterocycles. The summed E-state index contributed by atoms with van der Waals surface area (Å²) in [6.45, 7) is 2.30. The zero-order chi connectivity index (χ0) is 23.0. The zero-order valence-corrected chi connectivity index (χ0v) is 19.7. The summed E-state index contributed by atoms with van der Waals surface area (Å²) in [7, 11) is 0. The van der Waals surface area contributed by atoms with Gasteiger partial charge in [-0.1, -0.05) is 75.1 Å². The minimum absolute atomic E-state index is 0.0730. The fourth-order valence-electron chi connectivity index (χ4n) is 5.52. The normalized spacial score (nSPS) is 22.6. The molecule has 170 valence electrons. The van der Waals surface area contributed by atoms with Crippen LogP contribution in [0.4, 0.5) is 4.39 Å². The molecule has 1 unspecified atom stereocenters. The molecule has 1 fully saturated rings. The summed E-state index contributed by atoms with van der Waals surface area (Å²) in [5.74, 6) is 8.99. The van der Waals surface area contributed by atoms with Crippen molar-refractivity contribution in [3.63, 3.8) is 0 Å². The number of halogens is 1. The van der Waals surface area contributed by atoms with Crippen molar-refractivity contribution in [1.29, 1.82) is 5.26 Å². The Morgan fingerprint density at radius 2 is 1.67 bits per heavy atom. The lowest BCUT2D eigenvalue weighted by Gasteiger charge is -2.35. The lowest BCUT2D eigenvalue weighted by Crippen LogP contribution is -2.23.